The Morgan fingerprint density at radius 3 is 1.47 bits per heavy atom. The van der Waals surface area contributed by atoms with E-state index in [-0.39, 0.29) is 0 Å². The van der Waals surface area contributed by atoms with Crippen molar-refractivity contribution >= 4 is 43.6 Å². The van der Waals surface area contributed by atoms with E-state index < -0.39 is 0 Å². The molecule has 4 atom stereocenters. The Morgan fingerprint density at radius 1 is 0.667 bits per heavy atom. The highest BCUT2D eigenvalue weighted by molar-refractivity contribution is 9.10. The van der Waals surface area contributed by atoms with E-state index in [0.717, 1.165) is 20.2 Å². The Bertz CT molecular complexity index is 178. The molecule has 0 heterocycles. The fourth-order valence-corrected chi connectivity index (χ4v) is 6.23. The minimum atomic E-state index is 0.776. The van der Waals surface area contributed by atoms with E-state index >= 15 is 0 Å². The number of thioether (sulfide) groups is 1. The van der Waals surface area contributed by atoms with Gasteiger partial charge in [-0.1, -0.05) is 57.5 Å². The molecule has 88 valence electrons. The summed E-state index contributed by atoms with van der Waals surface area (Å²) in [5.74, 6) is 0. The van der Waals surface area contributed by atoms with Crippen molar-refractivity contribution in [1.82, 2.24) is 0 Å². The zero-order valence-electron chi connectivity index (χ0n) is 9.13. The first-order valence-corrected chi connectivity index (χ1v) is 8.98. The predicted molar refractivity (Wildman–Crippen MR) is 77.5 cm³/mol. The second kappa shape index (κ2) is 6.30. The molecule has 0 aromatic carbocycles. The van der Waals surface area contributed by atoms with Crippen molar-refractivity contribution in [2.24, 2.45) is 0 Å². The molecular weight excluding hydrogens is 336 g/mol. The lowest BCUT2D eigenvalue weighted by atomic mass is 9.99. The lowest BCUT2D eigenvalue weighted by Crippen LogP contribution is -2.29. The average molecular weight is 356 g/mol. The van der Waals surface area contributed by atoms with Crippen molar-refractivity contribution in [3.63, 3.8) is 0 Å². The van der Waals surface area contributed by atoms with E-state index in [1.807, 2.05) is 0 Å². The van der Waals surface area contributed by atoms with E-state index in [1.165, 1.54) is 51.4 Å². The van der Waals surface area contributed by atoms with Crippen LogP contribution in [0, 0.1) is 0 Å². The van der Waals surface area contributed by atoms with Crippen LogP contribution in [0.4, 0.5) is 0 Å². The first kappa shape index (κ1) is 12.8. The van der Waals surface area contributed by atoms with Crippen LogP contribution in [-0.4, -0.2) is 20.2 Å². The molecule has 0 aromatic rings. The van der Waals surface area contributed by atoms with Gasteiger partial charge >= 0.3 is 0 Å². The molecule has 2 unspecified atom stereocenters. The van der Waals surface area contributed by atoms with Gasteiger partial charge in [-0.3, -0.25) is 0 Å². The van der Waals surface area contributed by atoms with Gasteiger partial charge in [0.25, 0.3) is 0 Å². The molecule has 0 aliphatic heterocycles. The molecule has 2 saturated carbocycles. The third-order valence-corrected chi connectivity index (χ3v) is 8.31. The minimum absolute atomic E-state index is 0.776. The Labute approximate surface area is 115 Å². The molecule has 0 nitrogen and oxygen atoms in total. The van der Waals surface area contributed by atoms with Gasteiger partial charge in [0.05, 0.1) is 0 Å². The molecule has 0 N–H and O–H groups in total. The van der Waals surface area contributed by atoms with Gasteiger partial charge in [0, 0.05) is 20.2 Å². The molecule has 2 aliphatic carbocycles. The van der Waals surface area contributed by atoms with E-state index in [0.29, 0.717) is 0 Å². The van der Waals surface area contributed by atoms with Gasteiger partial charge in [0.15, 0.2) is 0 Å². The van der Waals surface area contributed by atoms with Crippen LogP contribution < -0.4 is 0 Å². The van der Waals surface area contributed by atoms with Crippen molar-refractivity contribution in [2.45, 2.75) is 71.5 Å². The van der Waals surface area contributed by atoms with Crippen LogP contribution in [0.3, 0.4) is 0 Å². The molecule has 0 radical (unpaired) electrons. The summed E-state index contributed by atoms with van der Waals surface area (Å²) >= 11 is 9.99. The van der Waals surface area contributed by atoms with Gasteiger partial charge < -0.3 is 0 Å². The first-order valence-electron chi connectivity index (χ1n) is 6.21. The van der Waals surface area contributed by atoms with Gasteiger partial charge in [0.2, 0.25) is 0 Å². The molecule has 2 rings (SSSR count). The van der Waals surface area contributed by atoms with Crippen molar-refractivity contribution in [3.05, 3.63) is 0 Å². The van der Waals surface area contributed by atoms with Crippen LogP contribution in [0.25, 0.3) is 0 Å². The molecule has 0 aromatic heterocycles. The lowest BCUT2D eigenvalue weighted by Gasteiger charge is -2.34. The second-order valence-electron chi connectivity index (χ2n) is 4.81. The number of hydrogen-bond donors (Lipinski definition) is 0. The maximum absolute atomic E-state index is 3.87. The summed E-state index contributed by atoms with van der Waals surface area (Å²) in [5, 5.41) is 1.75. The van der Waals surface area contributed by atoms with E-state index in [1.54, 1.807) is 0 Å². The lowest BCUT2D eigenvalue weighted by molar-refractivity contribution is 0.512. The number of hydrogen-bond acceptors (Lipinski definition) is 1. The van der Waals surface area contributed by atoms with Crippen molar-refractivity contribution in [1.29, 1.82) is 0 Å². The van der Waals surface area contributed by atoms with Gasteiger partial charge in [-0.15, -0.1) is 0 Å². The Balaban J connectivity index is 1.83. The van der Waals surface area contributed by atoms with Crippen molar-refractivity contribution < 1.29 is 0 Å². The average Bonchev–Trinajstić information content (AvgIpc) is 2.24. The SMILES string of the molecule is BrC1CCCCC1S[C@@H]1CCCC[C@H]1Br. The van der Waals surface area contributed by atoms with Crippen LogP contribution in [-0.2, 0) is 0 Å². The zero-order chi connectivity index (χ0) is 10.7. The zero-order valence-corrected chi connectivity index (χ0v) is 13.1. The molecule has 2 fully saturated rings. The summed E-state index contributed by atoms with van der Waals surface area (Å²) in [6.07, 6.45) is 11.4. The molecule has 15 heavy (non-hydrogen) atoms. The largest absolute Gasteiger partial charge is 0.153 e. The van der Waals surface area contributed by atoms with Crippen molar-refractivity contribution in [3.8, 4) is 0 Å². The van der Waals surface area contributed by atoms with Gasteiger partial charge in [-0.2, -0.15) is 11.8 Å². The standard InChI is InChI=1S/C12H20Br2S/c13-9-5-1-3-7-11(9)15-12-8-4-2-6-10(12)14/h9-12H,1-8H2/t9-,10?,11-,12?/m1/s1. The summed E-state index contributed by atoms with van der Waals surface area (Å²) in [4.78, 5) is 1.55. The Kier molecular flexibility index (Phi) is 5.36. The summed E-state index contributed by atoms with van der Waals surface area (Å²) in [5.41, 5.74) is 0. The Morgan fingerprint density at radius 2 is 1.07 bits per heavy atom. The van der Waals surface area contributed by atoms with Crippen LogP contribution in [0.2, 0.25) is 0 Å². The molecule has 0 amide bonds. The number of halogens is 2. The van der Waals surface area contributed by atoms with Crippen LogP contribution in [0.1, 0.15) is 51.4 Å². The topological polar surface area (TPSA) is 0 Å². The smallest absolute Gasteiger partial charge is 0.0264 e. The summed E-state index contributed by atoms with van der Waals surface area (Å²) in [7, 11) is 0. The molecule has 2 aliphatic rings. The summed E-state index contributed by atoms with van der Waals surface area (Å²) in [6.45, 7) is 0. The Hall–Kier alpha value is 1.31. The maximum atomic E-state index is 3.87. The van der Waals surface area contributed by atoms with Gasteiger partial charge in [-0.25, -0.2) is 0 Å². The van der Waals surface area contributed by atoms with Crippen molar-refractivity contribution in [2.75, 3.05) is 0 Å². The molecule has 0 saturated heterocycles. The normalized spacial score (nSPS) is 42.8. The highest BCUT2D eigenvalue weighted by Gasteiger charge is 2.30. The third-order valence-electron chi connectivity index (χ3n) is 3.59. The highest BCUT2D eigenvalue weighted by atomic mass is 79.9. The monoisotopic (exact) mass is 354 g/mol. The number of rotatable bonds is 2. The fraction of sp³-hybridized carbons (Fsp3) is 1.00. The molecule has 0 spiro atoms. The highest BCUT2D eigenvalue weighted by Crippen LogP contribution is 2.41. The number of alkyl halides is 2. The fourth-order valence-electron chi connectivity index (χ4n) is 2.63. The summed E-state index contributed by atoms with van der Waals surface area (Å²) in [6, 6.07) is 0. The first-order chi connectivity index (χ1) is 7.27. The van der Waals surface area contributed by atoms with Crippen LogP contribution in [0.5, 0.6) is 0 Å². The van der Waals surface area contributed by atoms with E-state index in [9.17, 15) is 0 Å². The van der Waals surface area contributed by atoms with E-state index in [2.05, 4.69) is 43.6 Å². The van der Waals surface area contributed by atoms with Gasteiger partial charge in [-0.05, 0) is 25.7 Å². The minimum Gasteiger partial charge on any atom is -0.153 e. The quantitative estimate of drug-likeness (QED) is 0.618. The summed E-state index contributed by atoms with van der Waals surface area (Å²) < 4.78 is 0. The second-order valence-corrected chi connectivity index (χ2v) is 8.65. The molecular formula is C12H20Br2S. The van der Waals surface area contributed by atoms with Gasteiger partial charge in [0.1, 0.15) is 0 Å². The van der Waals surface area contributed by atoms with Crippen LogP contribution >= 0.6 is 43.6 Å². The molecule has 3 heteroatoms. The van der Waals surface area contributed by atoms with Crippen LogP contribution in [0.15, 0.2) is 0 Å². The maximum Gasteiger partial charge on any atom is 0.0264 e. The third kappa shape index (κ3) is 3.64. The predicted octanol–water partition coefficient (Wildman–Crippen LogP) is 5.13. The van der Waals surface area contributed by atoms with E-state index in [4.69, 9.17) is 0 Å². The molecule has 0 bridgehead atoms.